The van der Waals surface area contributed by atoms with Gasteiger partial charge in [-0.2, -0.15) is 13.2 Å². The fraction of sp³-hybridized carbons (Fsp3) is 0.571. The lowest BCUT2D eigenvalue weighted by Gasteiger charge is -2.10. The van der Waals surface area contributed by atoms with Gasteiger partial charge in [0.05, 0.1) is 12.2 Å². The van der Waals surface area contributed by atoms with E-state index in [9.17, 15) is 13.2 Å². The summed E-state index contributed by atoms with van der Waals surface area (Å²) in [5.74, 6) is 0.264. The number of alkyl halides is 3. The standard InChI is InChI=1S/C10H11F3O.C4H9N/c1-3-14-9-5-7(2)4-8(6-9)10(11,12)13;1-2-4-5-3-1/h4-6H,3H2,1-2H3;5H,1-4H2. The van der Waals surface area contributed by atoms with E-state index in [4.69, 9.17) is 4.74 Å². The van der Waals surface area contributed by atoms with Crippen molar-refractivity contribution in [1.29, 1.82) is 0 Å². The summed E-state index contributed by atoms with van der Waals surface area (Å²) in [6.07, 6.45) is -1.53. The molecule has 1 aromatic rings. The third-order valence-electron chi connectivity index (χ3n) is 2.65. The Morgan fingerprint density at radius 2 is 1.79 bits per heavy atom. The van der Waals surface area contributed by atoms with Gasteiger partial charge in [-0.1, -0.05) is 0 Å². The van der Waals surface area contributed by atoms with E-state index in [-0.39, 0.29) is 5.75 Å². The smallest absolute Gasteiger partial charge is 0.416 e. The minimum Gasteiger partial charge on any atom is -0.494 e. The van der Waals surface area contributed by atoms with Gasteiger partial charge in [-0.05, 0) is 63.5 Å². The minimum absolute atomic E-state index is 0.264. The molecule has 0 spiro atoms. The topological polar surface area (TPSA) is 21.3 Å². The maximum absolute atomic E-state index is 12.3. The molecule has 1 N–H and O–H groups in total. The Bertz CT molecular complexity index is 379. The highest BCUT2D eigenvalue weighted by molar-refractivity contribution is 5.35. The van der Waals surface area contributed by atoms with Crippen molar-refractivity contribution in [3.8, 4) is 5.75 Å². The van der Waals surface area contributed by atoms with E-state index in [1.165, 1.54) is 25.9 Å². The number of benzene rings is 1. The Hall–Kier alpha value is -1.23. The van der Waals surface area contributed by atoms with Crippen molar-refractivity contribution in [2.75, 3.05) is 19.7 Å². The van der Waals surface area contributed by atoms with Crippen molar-refractivity contribution in [1.82, 2.24) is 5.32 Å². The normalized spacial score (nSPS) is 14.8. The van der Waals surface area contributed by atoms with Gasteiger partial charge in [0.2, 0.25) is 0 Å². The van der Waals surface area contributed by atoms with E-state index < -0.39 is 11.7 Å². The first-order valence-electron chi connectivity index (χ1n) is 6.46. The molecule has 1 saturated heterocycles. The van der Waals surface area contributed by atoms with Crippen LogP contribution in [0.15, 0.2) is 18.2 Å². The number of aryl methyl sites for hydroxylation is 1. The molecule has 0 bridgehead atoms. The molecule has 1 heterocycles. The van der Waals surface area contributed by atoms with E-state index in [1.54, 1.807) is 19.9 Å². The van der Waals surface area contributed by atoms with Crippen LogP contribution in [-0.4, -0.2) is 19.7 Å². The summed E-state index contributed by atoms with van der Waals surface area (Å²) in [6, 6.07) is 3.69. The van der Waals surface area contributed by atoms with Gasteiger partial charge in [-0.25, -0.2) is 0 Å². The van der Waals surface area contributed by atoms with Crippen LogP contribution in [0.5, 0.6) is 5.75 Å². The van der Waals surface area contributed by atoms with Gasteiger partial charge < -0.3 is 10.1 Å². The summed E-state index contributed by atoms with van der Waals surface area (Å²) in [7, 11) is 0. The van der Waals surface area contributed by atoms with E-state index in [0.29, 0.717) is 12.2 Å². The van der Waals surface area contributed by atoms with Crippen molar-refractivity contribution in [3.05, 3.63) is 29.3 Å². The van der Waals surface area contributed by atoms with Gasteiger partial charge in [-0.15, -0.1) is 0 Å². The number of nitrogens with one attached hydrogen (secondary N) is 1. The Labute approximate surface area is 112 Å². The lowest BCUT2D eigenvalue weighted by molar-refractivity contribution is -0.137. The number of ether oxygens (including phenoxy) is 1. The summed E-state index contributed by atoms with van der Waals surface area (Å²) in [4.78, 5) is 0. The Morgan fingerprint density at radius 3 is 2.21 bits per heavy atom. The maximum atomic E-state index is 12.3. The molecule has 0 aliphatic carbocycles. The highest BCUT2D eigenvalue weighted by atomic mass is 19.4. The lowest BCUT2D eigenvalue weighted by atomic mass is 10.1. The molecule has 2 rings (SSSR count). The van der Waals surface area contributed by atoms with Gasteiger partial charge in [0.15, 0.2) is 0 Å². The van der Waals surface area contributed by atoms with Crippen LogP contribution in [0.4, 0.5) is 13.2 Å². The summed E-state index contributed by atoms with van der Waals surface area (Å²) in [5, 5.41) is 3.22. The predicted octanol–water partition coefficient (Wildman–Crippen LogP) is 3.78. The summed E-state index contributed by atoms with van der Waals surface area (Å²) in [6.45, 7) is 6.20. The fourth-order valence-corrected chi connectivity index (χ4v) is 1.79. The van der Waals surface area contributed by atoms with Gasteiger partial charge in [-0.3, -0.25) is 0 Å². The van der Waals surface area contributed by atoms with Crippen molar-refractivity contribution < 1.29 is 17.9 Å². The van der Waals surface area contributed by atoms with Crippen LogP contribution in [0.3, 0.4) is 0 Å². The van der Waals surface area contributed by atoms with Crippen LogP contribution >= 0.6 is 0 Å². The van der Waals surface area contributed by atoms with E-state index >= 15 is 0 Å². The first kappa shape index (κ1) is 15.8. The third kappa shape index (κ3) is 5.96. The Balaban J connectivity index is 0.000000300. The van der Waals surface area contributed by atoms with Crippen LogP contribution in [0.2, 0.25) is 0 Å². The zero-order chi connectivity index (χ0) is 14.3. The second kappa shape index (κ2) is 7.38. The SMILES string of the molecule is C1CCNC1.CCOc1cc(C)cc(C(F)(F)F)c1. The van der Waals surface area contributed by atoms with Crippen molar-refractivity contribution in [2.45, 2.75) is 32.9 Å². The molecule has 19 heavy (non-hydrogen) atoms. The Kier molecular flexibility index (Phi) is 6.15. The number of halogens is 3. The summed E-state index contributed by atoms with van der Waals surface area (Å²) >= 11 is 0. The molecule has 0 radical (unpaired) electrons. The quantitative estimate of drug-likeness (QED) is 0.886. The molecule has 5 heteroatoms. The molecule has 1 aliphatic heterocycles. The van der Waals surface area contributed by atoms with E-state index in [1.807, 2.05) is 0 Å². The molecule has 2 nitrogen and oxygen atoms in total. The largest absolute Gasteiger partial charge is 0.494 e. The van der Waals surface area contributed by atoms with Gasteiger partial charge in [0.1, 0.15) is 5.75 Å². The van der Waals surface area contributed by atoms with Gasteiger partial charge in [0, 0.05) is 0 Å². The summed E-state index contributed by atoms with van der Waals surface area (Å²) < 4.78 is 42.0. The minimum atomic E-state index is -4.31. The number of rotatable bonds is 2. The molecule has 0 aromatic heterocycles. The third-order valence-corrected chi connectivity index (χ3v) is 2.65. The molecule has 0 atom stereocenters. The molecular weight excluding hydrogens is 255 g/mol. The van der Waals surface area contributed by atoms with Crippen LogP contribution in [-0.2, 0) is 6.18 Å². The highest BCUT2D eigenvalue weighted by Crippen LogP contribution is 2.32. The molecule has 1 fully saturated rings. The van der Waals surface area contributed by atoms with Crippen molar-refractivity contribution in [3.63, 3.8) is 0 Å². The molecule has 0 amide bonds. The molecule has 1 aromatic carbocycles. The first-order chi connectivity index (χ1) is 8.93. The zero-order valence-corrected chi connectivity index (χ0v) is 11.3. The molecule has 0 unspecified atom stereocenters. The van der Waals surface area contributed by atoms with E-state index in [2.05, 4.69) is 5.32 Å². The molecular formula is C14H20F3NO. The average Bonchev–Trinajstić information content (AvgIpc) is 2.86. The first-order valence-corrected chi connectivity index (χ1v) is 6.46. The van der Waals surface area contributed by atoms with E-state index in [0.717, 1.165) is 12.1 Å². The lowest BCUT2D eigenvalue weighted by Crippen LogP contribution is -2.06. The predicted molar refractivity (Wildman–Crippen MR) is 69.5 cm³/mol. The fourth-order valence-electron chi connectivity index (χ4n) is 1.79. The highest BCUT2D eigenvalue weighted by Gasteiger charge is 2.31. The molecule has 1 aliphatic rings. The van der Waals surface area contributed by atoms with Crippen molar-refractivity contribution in [2.24, 2.45) is 0 Å². The van der Waals surface area contributed by atoms with Crippen molar-refractivity contribution >= 4 is 0 Å². The Morgan fingerprint density at radius 1 is 1.16 bits per heavy atom. The number of hydrogen-bond donors (Lipinski definition) is 1. The van der Waals surface area contributed by atoms with Crippen LogP contribution in [0, 0.1) is 6.92 Å². The van der Waals surface area contributed by atoms with Crippen LogP contribution < -0.4 is 10.1 Å². The monoisotopic (exact) mass is 275 g/mol. The van der Waals surface area contributed by atoms with Crippen LogP contribution in [0.1, 0.15) is 30.9 Å². The summed E-state index contributed by atoms with van der Waals surface area (Å²) in [5.41, 5.74) is -0.121. The molecule has 0 saturated carbocycles. The zero-order valence-electron chi connectivity index (χ0n) is 11.3. The number of hydrogen-bond acceptors (Lipinski definition) is 2. The molecule has 108 valence electrons. The van der Waals surface area contributed by atoms with Crippen LogP contribution in [0.25, 0.3) is 0 Å². The van der Waals surface area contributed by atoms with Gasteiger partial charge in [0.25, 0.3) is 0 Å². The average molecular weight is 275 g/mol. The second-order valence-electron chi connectivity index (χ2n) is 4.42. The second-order valence-corrected chi connectivity index (χ2v) is 4.42. The maximum Gasteiger partial charge on any atom is 0.416 e. The van der Waals surface area contributed by atoms with Gasteiger partial charge >= 0.3 is 6.18 Å².